The Morgan fingerprint density at radius 2 is 1.96 bits per heavy atom. The Morgan fingerprint density at radius 1 is 1.04 bits per heavy atom. The van der Waals surface area contributed by atoms with E-state index < -0.39 is 0 Å². The van der Waals surface area contributed by atoms with Crippen LogP contribution >= 0.6 is 0 Å². The SMILES string of the molecule is CCc1nc2cc(-c3noc(COc4cccc(C)c4)n3)ccc2o1. The number of oxazole rings is 1. The lowest BCUT2D eigenvalue weighted by Crippen LogP contribution is -1.95. The van der Waals surface area contributed by atoms with Crippen molar-refractivity contribution in [2.24, 2.45) is 0 Å². The van der Waals surface area contributed by atoms with Crippen LogP contribution in [0, 0.1) is 6.92 Å². The Balaban J connectivity index is 1.52. The van der Waals surface area contributed by atoms with Gasteiger partial charge in [0.1, 0.15) is 11.3 Å². The molecule has 4 rings (SSSR count). The van der Waals surface area contributed by atoms with Gasteiger partial charge >= 0.3 is 0 Å². The molecular formula is C19H17N3O3. The summed E-state index contributed by atoms with van der Waals surface area (Å²) < 4.78 is 16.6. The highest BCUT2D eigenvalue weighted by atomic mass is 16.5. The molecule has 126 valence electrons. The van der Waals surface area contributed by atoms with Crippen LogP contribution in [-0.2, 0) is 13.0 Å². The summed E-state index contributed by atoms with van der Waals surface area (Å²) in [6, 6.07) is 13.5. The minimum Gasteiger partial charge on any atom is -0.484 e. The summed E-state index contributed by atoms with van der Waals surface area (Å²) in [7, 11) is 0. The number of hydrogen-bond acceptors (Lipinski definition) is 6. The maximum atomic E-state index is 5.69. The van der Waals surface area contributed by atoms with Gasteiger partial charge in [0.25, 0.3) is 5.89 Å². The summed E-state index contributed by atoms with van der Waals surface area (Å²) in [5, 5.41) is 4.03. The Kier molecular flexibility index (Phi) is 3.93. The minimum absolute atomic E-state index is 0.225. The van der Waals surface area contributed by atoms with Gasteiger partial charge in [-0.05, 0) is 42.8 Å². The van der Waals surface area contributed by atoms with Crippen LogP contribution < -0.4 is 4.74 Å². The van der Waals surface area contributed by atoms with Gasteiger partial charge in [-0.3, -0.25) is 0 Å². The lowest BCUT2D eigenvalue weighted by molar-refractivity contribution is 0.243. The molecule has 0 saturated heterocycles. The number of aryl methyl sites for hydroxylation is 2. The third-order valence-corrected chi connectivity index (χ3v) is 3.81. The first-order valence-electron chi connectivity index (χ1n) is 8.13. The van der Waals surface area contributed by atoms with Gasteiger partial charge in [0.15, 0.2) is 18.1 Å². The molecule has 0 fully saturated rings. The molecule has 25 heavy (non-hydrogen) atoms. The van der Waals surface area contributed by atoms with Gasteiger partial charge in [0.2, 0.25) is 5.82 Å². The Morgan fingerprint density at radius 3 is 2.80 bits per heavy atom. The van der Waals surface area contributed by atoms with E-state index in [2.05, 4.69) is 15.1 Å². The van der Waals surface area contributed by atoms with Gasteiger partial charge < -0.3 is 13.7 Å². The molecule has 4 aromatic rings. The maximum absolute atomic E-state index is 5.69. The first-order chi connectivity index (χ1) is 12.2. The zero-order valence-electron chi connectivity index (χ0n) is 14.0. The predicted octanol–water partition coefficient (Wildman–Crippen LogP) is 4.33. The fourth-order valence-corrected chi connectivity index (χ4v) is 2.55. The smallest absolute Gasteiger partial charge is 0.264 e. The normalized spacial score (nSPS) is 11.1. The summed E-state index contributed by atoms with van der Waals surface area (Å²) in [5.74, 6) is 2.42. The Hall–Kier alpha value is -3.15. The zero-order chi connectivity index (χ0) is 17.2. The van der Waals surface area contributed by atoms with Crippen molar-refractivity contribution in [3.05, 3.63) is 59.8 Å². The summed E-state index contributed by atoms with van der Waals surface area (Å²) in [6.45, 7) is 4.25. The minimum atomic E-state index is 0.225. The number of benzene rings is 2. The number of nitrogens with zero attached hydrogens (tertiary/aromatic N) is 3. The third kappa shape index (κ3) is 3.24. The quantitative estimate of drug-likeness (QED) is 0.540. The summed E-state index contributed by atoms with van der Waals surface area (Å²) in [4.78, 5) is 8.82. The molecule has 0 spiro atoms. The average Bonchev–Trinajstić information content (AvgIpc) is 3.26. The van der Waals surface area contributed by atoms with Gasteiger partial charge in [-0.1, -0.05) is 24.2 Å². The van der Waals surface area contributed by atoms with E-state index in [1.165, 1.54) is 0 Å². The second-order valence-corrected chi connectivity index (χ2v) is 5.76. The third-order valence-electron chi connectivity index (χ3n) is 3.81. The van der Waals surface area contributed by atoms with E-state index in [0.717, 1.165) is 34.4 Å². The zero-order valence-corrected chi connectivity index (χ0v) is 14.0. The average molecular weight is 335 g/mol. The Labute approximate surface area is 144 Å². The van der Waals surface area contributed by atoms with Crippen LogP contribution in [0.25, 0.3) is 22.5 Å². The van der Waals surface area contributed by atoms with Crippen LogP contribution in [0.15, 0.2) is 51.4 Å². The molecule has 0 radical (unpaired) electrons. The molecule has 0 unspecified atom stereocenters. The molecule has 2 aromatic carbocycles. The van der Waals surface area contributed by atoms with Gasteiger partial charge in [0.05, 0.1) is 0 Å². The van der Waals surface area contributed by atoms with E-state index in [0.29, 0.717) is 17.6 Å². The lowest BCUT2D eigenvalue weighted by Gasteiger charge is -2.03. The molecule has 0 bridgehead atoms. The Bertz CT molecular complexity index is 1020. The van der Waals surface area contributed by atoms with Gasteiger partial charge in [-0.25, -0.2) is 4.98 Å². The molecule has 0 atom stereocenters. The summed E-state index contributed by atoms with van der Waals surface area (Å²) in [6.07, 6.45) is 0.757. The van der Waals surface area contributed by atoms with Crippen LogP contribution in [0.5, 0.6) is 5.75 Å². The van der Waals surface area contributed by atoms with Crippen molar-refractivity contribution in [3.63, 3.8) is 0 Å². The van der Waals surface area contributed by atoms with Crippen LogP contribution in [0.2, 0.25) is 0 Å². The van der Waals surface area contributed by atoms with Crippen molar-refractivity contribution >= 4 is 11.1 Å². The van der Waals surface area contributed by atoms with Crippen molar-refractivity contribution in [2.75, 3.05) is 0 Å². The first kappa shape index (κ1) is 15.4. The van der Waals surface area contributed by atoms with Crippen molar-refractivity contribution in [3.8, 4) is 17.1 Å². The molecule has 6 nitrogen and oxygen atoms in total. The molecule has 0 N–H and O–H groups in total. The highest BCUT2D eigenvalue weighted by molar-refractivity contribution is 5.78. The number of rotatable bonds is 5. The highest BCUT2D eigenvalue weighted by Crippen LogP contribution is 2.23. The van der Waals surface area contributed by atoms with E-state index in [9.17, 15) is 0 Å². The molecule has 0 aliphatic heterocycles. The van der Waals surface area contributed by atoms with E-state index in [1.807, 2.05) is 56.3 Å². The summed E-state index contributed by atoms with van der Waals surface area (Å²) in [5.41, 5.74) is 3.51. The monoisotopic (exact) mass is 335 g/mol. The molecule has 2 aromatic heterocycles. The van der Waals surface area contributed by atoms with Crippen molar-refractivity contribution in [1.29, 1.82) is 0 Å². The number of ether oxygens (including phenoxy) is 1. The number of fused-ring (bicyclic) bond motifs is 1. The van der Waals surface area contributed by atoms with Crippen molar-refractivity contribution < 1.29 is 13.7 Å². The van der Waals surface area contributed by atoms with Crippen LogP contribution in [0.3, 0.4) is 0 Å². The van der Waals surface area contributed by atoms with Gasteiger partial charge in [-0.2, -0.15) is 4.98 Å². The second kappa shape index (κ2) is 6.39. The standard InChI is InChI=1S/C19H17N3O3/c1-3-17-20-15-10-13(7-8-16(15)24-17)19-21-18(25-22-19)11-23-14-6-4-5-12(2)9-14/h4-10H,3,11H2,1-2H3. The molecular weight excluding hydrogens is 318 g/mol. The first-order valence-corrected chi connectivity index (χ1v) is 8.13. The molecule has 6 heteroatoms. The molecule has 0 aliphatic carbocycles. The fraction of sp³-hybridized carbons (Fsp3) is 0.211. The van der Waals surface area contributed by atoms with Crippen molar-refractivity contribution in [2.45, 2.75) is 26.9 Å². The van der Waals surface area contributed by atoms with E-state index >= 15 is 0 Å². The maximum Gasteiger partial charge on any atom is 0.264 e. The fourth-order valence-electron chi connectivity index (χ4n) is 2.55. The molecule has 2 heterocycles. The second-order valence-electron chi connectivity index (χ2n) is 5.76. The lowest BCUT2D eigenvalue weighted by atomic mass is 10.2. The van der Waals surface area contributed by atoms with Gasteiger partial charge in [-0.15, -0.1) is 0 Å². The topological polar surface area (TPSA) is 74.2 Å². The molecule has 0 aliphatic rings. The largest absolute Gasteiger partial charge is 0.484 e. The predicted molar refractivity (Wildman–Crippen MR) is 92.2 cm³/mol. The highest BCUT2D eigenvalue weighted by Gasteiger charge is 2.12. The van der Waals surface area contributed by atoms with E-state index in [4.69, 9.17) is 13.7 Å². The van der Waals surface area contributed by atoms with E-state index in [1.54, 1.807) is 0 Å². The van der Waals surface area contributed by atoms with Crippen LogP contribution in [0.4, 0.5) is 0 Å². The van der Waals surface area contributed by atoms with Crippen molar-refractivity contribution in [1.82, 2.24) is 15.1 Å². The van der Waals surface area contributed by atoms with E-state index in [-0.39, 0.29) is 6.61 Å². The van der Waals surface area contributed by atoms with Gasteiger partial charge in [0, 0.05) is 12.0 Å². The number of hydrogen-bond donors (Lipinski definition) is 0. The molecule has 0 saturated carbocycles. The van der Waals surface area contributed by atoms with Crippen LogP contribution in [0.1, 0.15) is 24.3 Å². The number of aromatic nitrogens is 3. The molecule has 0 amide bonds. The summed E-state index contributed by atoms with van der Waals surface area (Å²) >= 11 is 0. The van der Waals surface area contributed by atoms with Crippen LogP contribution in [-0.4, -0.2) is 15.1 Å².